The summed E-state index contributed by atoms with van der Waals surface area (Å²) in [5.41, 5.74) is 13.4. The summed E-state index contributed by atoms with van der Waals surface area (Å²) in [5.74, 6) is 0.783. The number of nitrogens with two attached hydrogens (primary N) is 2. The van der Waals surface area contributed by atoms with Gasteiger partial charge >= 0.3 is 0 Å². The molecule has 0 aromatic rings. The van der Waals surface area contributed by atoms with E-state index in [9.17, 15) is 0 Å². The lowest BCUT2D eigenvalue weighted by atomic mass is 10.3. The van der Waals surface area contributed by atoms with Crippen molar-refractivity contribution in [3.63, 3.8) is 0 Å². The van der Waals surface area contributed by atoms with Crippen LogP contribution in [0.5, 0.6) is 0 Å². The molecule has 4 nitrogen and oxygen atoms in total. The van der Waals surface area contributed by atoms with Crippen LogP contribution in [0.2, 0.25) is 0 Å². The Kier molecular flexibility index (Phi) is 4.28. The topological polar surface area (TPSA) is 58.5 Å². The molecular formula is C12H22N4. The fourth-order valence-electron chi connectivity index (χ4n) is 1.67. The van der Waals surface area contributed by atoms with Crippen LogP contribution in [0.4, 0.5) is 0 Å². The Morgan fingerprint density at radius 2 is 1.50 bits per heavy atom. The SMILES string of the molecule is C=C(C)N1CCN(/C(N)=C/C=C(/C)N)CC1. The zero-order valence-electron chi connectivity index (χ0n) is 10.2. The van der Waals surface area contributed by atoms with Gasteiger partial charge in [0.15, 0.2) is 0 Å². The summed E-state index contributed by atoms with van der Waals surface area (Å²) in [4.78, 5) is 4.44. The average molecular weight is 222 g/mol. The van der Waals surface area contributed by atoms with E-state index in [1.54, 1.807) is 0 Å². The quantitative estimate of drug-likeness (QED) is 0.694. The average Bonchev–Trinajstić information content (AvgIpc) is 2.26. The van der Waals surface area contributed by atoms with Crippen molar-refractivity contribution in [2.24, 2.45) is 11.5 Å². The van der Waals surface area contributed by atoms with E-state index in [-0.39, 0.29) is 0 Å². The highest BCUT2D eigenvalue weighted by Gasteiger charge is 2.16. The van der Waals surface area contributed by atoms with Gasteiger partial charge in [-0.1, -0.05) is 6.58 Å². The van der Waals surface area contributed by atoms with E-state index in [4.69, 9.17) is 11.5 Å². The molecule has 0 bridgehead atoms. The van der Waals surface area contributed by atoms with Crippen LogP contribution in [0.15, 0.2) is 35.9 Å². The van der Waals surface area contributed by atoms with Gasteiger partial charge in [0.05, 0.1) is 5.82 Å². The highest BCUT2D eigenvalue weighted by molar-refractivity contribution is 5.13. The van der Waals surface area contributed by atoms with Crippen molar-refractivity contribution in [3.05, 3.63) is 35.9 Å². The van der Waals surface area contributed by atoms with Crippen LogP contribution in [0.3, 0.4) is 0 Å². The molecule has 90 valence electrons. The molecule has 1 fully saturated rings. The molecule has 0 aromatic heterocycles. The molecule has 0 atom stereocenters. The first-order valence-corrected chi connectivity index (χ1v) is 5.55. The molecule has 0 unspecified atom stereocenters. The molecule has 0 saturated carbocycles. The number of piperazine rings is 1. The lowest BCUT2D eigenvalue weighted by Crippen LogP contribution is -2.46. The van der Waals surface area contributed by atoms with Crippen molar-refractivity contribution in [2.75, 3.05) is 26.2 Å². The molecule has 4 N–H and O–H groups in total. The molecule has 16 heavy (non-hydrogen) atoms. The molecule has 1 saturated heterocycles. The monoisotopic (exact) mass is 222 g/mol. The maximum absolute atomic E-state index is 5.96. The Hall–Kier alpha value is -1.58. The van der Waals surface area contributed by atoms with Gasteiger partial charge in [-0.3, -0.25) is 0 Å². The minimum atomic E-state index is 0.767. The Bertz CT molecular complexity index is 305. The summed E-state index contributed by atoms with van der Waals surface area (Å²) in [6.45, 7) is 11.7. The van der Waals surface area contributed by atoms with Gasteiger partial charge in [0.1, 0.15) is 0 Å². The van der Waals surface area contributed by atoms with Crippen molar-refractivity contribution in [1.82, 2.24) is 9.80 Å². The van der Waals surface area contributed by atoms with Gasteiger partial charge in [0.25, 0.3) is 0 Å². The minimum Gasteiger partial charge on any atom is -0.402 e. The molecule has 1 heterocycles. The van der Waals surface area contributed by atoms with E-state index >= 15 is 0 Å². The van der Waals surface area contributed by atoms with Gasteiger partial charge in [0, 0.05) is 37.6 Å². The van der Waals surface area contributed by atoms with Gasteiger partial charge in [-0.15, -0.1) is 0 Å². The van der Waals surface area contributed by atoms with E-state index in [0.717, 1.165) is 43.4 Å². The third-order valence-corrected chi connectivity index (χ3v) is 2.70. The molecule has 4 heteroatoms. The van der Waals surface area contributed by atoms with E-state index in [1.165, 1.54) is 0 Å². The molecule has 1 rings (SSSR count). The number of hydrogen-bond acceptors (Lipinski definition) is 4. The van der Waals surface area contributed by atoms with Gasteiger partial charge in [-0.25, -0.2) is 0 Å². The maximum atomic E-state index is 5.96. The minimum absolute atomic E-state index is 0.767. The van der Waals surface area contributed by atoms with Crippen molar-refractivity contribution in [1.29, 1.82) is 0 Å². The number of nitrogens with zero attached hydrogens (tertiary/aromatic N) is 2. The predicted octanol–water partition coefficient (Wildman–Crippen LogP) is 0.800. The van der Waals surface area contributed by atoms with Crippen LogP contribution < -0.4 is 11.5 Å². The Labute approximate surface area is 97.9 Å². The molecule has 0 radical (unpaired) electrons. The second-order valence-electron chi connectivity index (χ2n) is 4.21. The molecule has 1 aliphatic heterocycles. The Morgan fingerprint density at radius 3 is 1.94 bits per heavy atom. The number of hydrogen-bond donors (Lipinski definition) is 2. The summed E-state index contributed by atoms with van der Waals surface area (Å²) in [7, 11) is 0. The van der Waals surface area contributed by atoms with E-state index in [2.05, 4.69) is 16.4 Å². The van der Waals surface area contributed by atoms with Crippen LogP contribution in [-0.4, -0.2) is 36.0 Å². The van der Waals surface area contributed by atoms with Gasteiger partial charge in [-0.05, 0) is 26.0 Å². The molecule has 0 amide bonds. The molecule has 1 aliphatic rings. The maximum Gasteiger partial charge on any atom is 0.0988 e. The van der Waals surface area contributed by atoms with Gasteiger partial charge in [0.2, 0.25) is 0 Å². The van der Waals surface area contributed by atoms with Crippen LogP contribution in [0.1, 0.15) is 13.8 Å². The second-order valence-corrected chi connectivity index (χ2v) is 4.21. The zero-order valence-corrected chi connectivity index (χ0v) is 10.2. The van der Waals surface area contributed by atoms with Crippen LogP contribution in [0, 0.1) is 0 Å². The summed E-state index contributed by atoms with van der Waals surface area (Å²) in [6, 6.07) is 0. The lowest BCUT2D eigenvalue weighted by Gasteiger charge is -2.37. The highest BCUT2D eigenvalue weighted by atomic mass is 15.3. The molecule has 0 aromatic carbocycles. The lowest BCUT2D eigenvalue weighted by molar-refractivity contribution is 0.191. The Morgan fingerprint density at radius 1 is 1.00 bits per heavy atom. The largest absolute Gasteiger partial charge is 0.402 e. The summed E-state index contributed by atoms with van der Waals surface area (Å²) in [5, 5.41) is 0. The van der Waals surface area contributed by atoms with Crippen LogP contribution in [0.25, 0.3) is 0 Å². The fraction of sp³-hybridized carbons (Fsp3) is 0.500. The molecule has 0 spiro atoms. The standard InChI is InChI=1S/C12H22N4/c1-10(2)15-6-8-16(9-7-15)12(14)5-4-11(3)13/h4-5H,1,6-9,13-14H2,2-3H3/b11-4-,12-5+. The first-order chi connectivity index (χ1) is 7.50. The Balaban J connectivity index is 2.50. The van der Waals surface area contributed by atoms with Crippen molar-refractivity contribution >= 4 is 0 Å². The normalized spacial score (nSPS) is 18.9. The van der Waals surface area contributed by atoms with E-state index in [1.807, 2.05) is 26.0 Å². The molecular weight excluding hydrogens is 200 g/mol. The summed E-state index contributed by atoms with van der Waals surface area (Å²) < 4.78 is 0. The predicted molar refractivity (Wildman–Crippen MR) is 68.2 cm³/mol. The van der Waals surface area contributed by atoms with Crippen molar-refractivity contribution in [2.45, 2.75) is 13.8 Å². The smallest absolute Gasteiger partial charge is 0.0988 e. The van der Waals surface area contributed by atoms with Crippen LogP contribution in [-0.2, 0) is 0 Å². The third kappa shape index (κ3) is 3.53. The zero-order chi connectivity index (χ0) is 12.1. The second kappa shape index (κ2) is 5.49. The van der Waals surface area contributed by atoms with Gasteiger partial charge in [-0.2, -0.15) is 0 Å². The van der Waals surface area contributed by atoms with E-state index in [0.29, 0.717) is 0 Å². The van der Waals surface area contributed by atoms with Gasteiger partial charge < -0.3 is 21.3 Å². The third-order valence-electron chi connectivity index (χ3n) is 2.70. The fourth-order valence-corrected chi connectivity index (χ4v) is 1.67. The van der Waals surface area contributed by atoms with Crippen molar-refractivity contribution in [3.8, 4) is 0 Å². The number of rotatable bonds is 3. The van der Waals surface area contributed by atoms with E-state index < -0.39 is 0 Å². The first-order valence-electron chi connectivity index (χ1n) is 5.55. The molecule has 0 aliphatic carbocycles. The highest BCUT2D eigenvalue weighted by Crippen LogP contribution is 2.09. The summed E-state index contributed by atoms with van der Waals surface area (Å²) in [6.07, 6.45) is 3.70. The number of allylic oxidation sites excluding steroid dienone is 4. The first kappa shape index (κ1) is 12.5. The van der Waals surface area contributed by atoms with Crippen molar-refractivity contribution < 1.29 is 0 Å². The van der Waals surface area contributed by atoms with Crippen LogP contribution >= 0.6 is 0 Å². The summed E-state index contributed by atoms with van der Waals surface area (Å²) >= 11 is 0.